The smallest absolute Gasteiger partial charge is 0.306 e. The van der Waals surface area contributed by atoms with Crippen LogP contribution in [0.3, 0.4) is 0 Å². The average molecular weight is 335 g/mol. The van der Waals surface area contributed by atoms with Crippen molar-refractivity contribution in [3.63, 3.8) is 0 Å². The van der Waals surface area contributed by atoms with E-state index in [-0.39, 0.29) is 22.0 Å². The number of benzene rings is 1. The molecule has 0 fully saturated rings. The van der Waals surface area contributed by atoms with Crippen LogP contribution in [0.15, 0.2) is 35.8 Å². The van der Waals surface area contributed by atoms with Crippen LogP contribution in [0, 0.1) is 0 Å². The molecule has 1 atom stereocenters. The van der Waals surface area contributed by atoms with Gasteiger partial charge in [-0.15, -0.1) is 18.3 Å². The molecule has 2 amide bonds. The van der Waals surface area contributed by atoms with Crippen LogP contribution in [0.2, 0.25) is 5.02 Å². The highest BCUT2D eigenvalue weighted by molar-refractivity contribution is 8.01. The van der Waals surface area contributed by atoms with Crippen LogP contribution in [0.4, 0.5) is 23.7 Å². The minimum Gasteiger partial charge on any atom is -0.306 e. The first-order valence-corrected chi connectivity index (χ1v) is 7.14. The van der Waals surface area contributed by atoms with E-state index in [9.17, 15) is 18.0 Å². The summed E-state index contributed by atoms with van der Waals surface area (Å²) in [5, 5.41) is 2.46. The Morgan fingerprint density at radius 3 is 2.81 bits per heavy atom. The van der Waals surface area contributed by atoms with Crippen LogP contribution in [0.5, 0.6) is 0 Å². The van der Waals surface area contributed by atoms with Gasteiger partial charge in [0.15, 0.2) is 4.75 Å². The van der Waals surface area contributed by atoms with Gasteiger partial charge in [0.05, 0.1) is 0 Å². The molecular formula is C13H10ClF3N2OS. The number of hydrogen-bond acceptors (Lipinski definition) is 2. The van der Waals surface area contributed by atoms with Gasteiger partial charge < -0.3 is 5.32 Å². The highest BCUT2D eigenvalue weighted by Gasteiger charge is 2.57. The molecule has 2 rings (SSSR count). The standard InChI is InChI=1S/C13H10ClF3N2OS/c1-2-5-21-12(13(15,16)17)7-18-11(20)19-10-4-3-8(14)6-9(10)12/h2-4,6-7H,1,5H2,(H,19,20). The van der Waals surface area contributed by atoms with E-state index >= 15 is 0 Å². The summed E-state index contributed by atoms with van der Waals surface area (Å²) in [4.78, 5) is 14.8. The summed E-state index contributed by atoms with van der Waals surface area (Å²) in [5.41, 5.74) is -0.111. The van der Waals surface area contributed by atoms with Crippen molar-refractivity contribution in [3.8, 4) is 0 Å². The Morgan fingerprint density at radius 2 is 2.19 bits per heavy atom. The molecule has 1 heterocycles. The third-order valence-electron chi connectivity index (χ3n) is 2.84. The van der Waals surface area contributed by atoms with E-state index in [0.717, 1.165) is 0 Å². The number of aliphatic imine (C=N–C) groups is 1. The summed E-state index contributed by atoms with van der Waals surface area (Å²) in [5.74, 6) is 0.0334. The number of halogens is 4. The van der Waals surface area contributed by atoms with Crippen LogP contribution in [0.25, 0.3) is 0 Å². The third-order valence-corrected chi connectivity index (χ3v) is 4.49. The molecule has 1 N–H and O–H groups in total. The zero-order valence-corrected chi connectivity index (χ0v) is 12.1. The molecule has 1 aromatic carbocycles. The van der Waals surface area contributed by atoms with Crippen molar-refractivity contribution >= 4 is 41.3 Å². The fraction of sp³-hybridized carbons (Fsp3) is 0.231. The van der Waals surface area contributed by atoms with Crippen molar-refractivity contribution in [3.05, 3.63) is 41.4 Å². The lowest BCUT2D eigenvalue weighted by molar-refractivity contribution is -0.143. The van der Waals surface area contributed by atoms with Gasteiger partial charge in [-0.1, -0.05) is 17.7 Å². The lowest BCUT2D eigenvalue weighted by Gasteiger charge is -2.32. The Labute approximate surface area is 128 Å². The number of carbonyl (C=O) groups excluding carboxylic acids is 1. The average Bonchev–Trinajstić information content (AvgIpc) is 2.53. The Kier molecular flexibility index (Phi) is 4.34. The maximum Gasteiger partial charge on any atom is 0.412 e. The van der Waals surface area contributed by atoms with Crippen LogP contribution in [-0.2, 0) is 4.75 Å². The Balaban J connectivity index is 2.72. The molecule has 1 aliphatic heterocycles. The molecule has 0 spiro atoms. The van der Waals surface area contributed by atoms with Gasteiger partial charge in [-0.05, 0) is 18.2 Å². The minimum absolute atomic E-state index is 0.0334. The third kappa shape index (κ3) is 2.94. The van der Waals surface area contributed by atoms with Crippen molar-refractivity contribution in [1.82, 2.24) is 0 Å². The molecular weight excluding hydrogens is 325 g/mol. The van der Waals surface area contributed by atoms with Gasteiger partial charge in [0, 0.05) is 28.2 Å². The molecule has 0 aromatic heterocycles. The molecule has 1 aliphatic rings. The zero-order valence-electron chi connectivity index (χ0n) is 10.6. The SMILES string of the molecule is C=CCSC1(C(F)(F)F)C=NC(=O)Nc2ccc(Cl)cc21. The number of nitrogens with one attached hydrogen (secondary N) is 1. The van der Waals surface area contributed by atoms with Gasteiger partial charge >= 0.3 is 12.2 Å². The topological polar surface area (TPSA) is 41.5 Å². The second kappa shape index (κ2) is 5.73. The highest BCUT2D eigenvalue weighted by Crippen LogP contribution is 2.51. The predicted octanol–water partition coefficient (Wildman–Crippen LogP) is 4.63. The predicted molar refractivity (Wildman–Crippen MR) is 79.4 cm³/mol. The number of urea groups is 1. The molecule has 112 valence electrons. The number of carbonyl (C=O) groups is 1. The fourth-order valence-corrected chi connectivity index (χ4v) is 3.08. The van der Waals surface area contributed by atoms with Gasteiger partial charge in [-0.25, -0.2) is 9.79 Å². The second-order valence-electron chi connectivity index (χ2n) is 4.21. The summed E-state index contributed by atoms with van der Waals surface area (Å²) >= 11 is 6.40. The van der Waals surface area contributed by atoms with Crippen molar-refractivity contribution in [2.45, 2.75) is 10.9 Å². The summed E-state index contributed by atoms with van der Waals surface area (Å²) in [6.07, 6.45) is -2.68. The van der Waals surface area contributed by atoms with Crippen LogP contribution < -0.4 is 5.32 Å². The van der Waals surface area contributed by atoms with E-state index < -0.39 is 17.0 Å². The first-order chi connectivity index (χ1) is 9.80. The first kappa shape index (κ1) is 15.9. The number of fused-ring (bicyclic) bond motifs is 1. The molecule has 0 saturated heterocycles. The number of hydrogen-bond donors (Lipinski definition) is 1. The van der Waals surface area contributed by atoms with Gasteiger partial charge in [0.1, 0.15) is 0 Å². The summed E-state index contributed by atoms with van der Waals surface area (Å²) in [6, 6.07) is 3.08. The highest BCUT2D eigenvalue weighted by atomic mass is 35.5. The number of nitrogens with zero attached hydrogens (tertiary/aromatic N) is 1. The van der Waals surface area contributed by atoms with E-state index in [1.165, 1.54) is 24.3 Å². The van der Waals surface area contributed by atoms with Gasteiger partial charge in [0.2, 0.25) is 0 Å². The maximum absolute atomic E-state index is 13.7. The van der Waals surface area contributed by atoms with Crippen LogP contribution in [-0.4, -0.2) is 24.2 Å². The maximum atomic E-state index is 13.7. The molecule has 0 saturated carbocycles. The number of rotatable bonds is 3. The Hall–Kier alpha value is -1.47. The minimum atomic E-state index is -4.66. The lowest BCUT2D eigenvalue weighted by atomic mass is 9.96. The second-order valence-corrected chi connectivity index (χ2v) is 5.91. The first-order valence-electron chi connectivity index (χ1n) is 5.78. The van der Waals surface area contributed by atoms with E-state index in [0.29, 0.717) is 18.0 Å². The monoisotopic (exact) mass is 334 g/mol. The van der Waals surface area contributed by atoms with E-state index in [4.69, 9.17) is 11.6 Å². The Morgan fingerprint density at radius 1 is 1.48 bits per heavy atom. The summed E-state index contributed by atoms with van der Waals surface area (Å²) in [7, 11) is 0. The molecule has 0 bridgehead atoms. The van der Waals surface area contributed by atoms with Crippen molar-refractivity contribution in [2.75, 3.05) is 11.1 Å². The van der Waals surface area contributed by atoms with E-state index in [1.54, 1.807) is 0 Å². The quantitative estimate of drug-likeness (QED) is 0.819. The van der Waals surface area contributed by atoms with Gasteiger partial charge in [0.25, 0.3) is 0 Å². The van der Waals surface area contributed by atoms with Gasteiger partial charge in [-0.3, -0.25) is 0 Å². The Bertz CT molecular complexity index is 618. The van der Waals surface area contributed by atoms with Gasteiger partial charge in [-0.2, -0.15) is 13.2 Å². The molecule has 0 aliphatic carbocycles. The molecule has 21 heavy (non-hydrogen) atoms. The molecule has 1 aromatic rings. The van der Waals surface area contributed by atoms with Crippen LogP contribution >= 0.6 is 23.4 Å². The van der Waals surface area contributed by atoms with E-state index in [2.05, 4.69) is 16.9 Å². The number of anilines is 1. The molecule has 0 radical (unpaired) electrons. The summed E-state index contributed by atoms with van der Waals surface area (Å²) in [6.45, 7) is 3.43. The van der Waals surface area contributed by atoms with Crippen molar-refractivity contribution in [1.29, 1.82) is 0 Å². The normalized spacial score (nSPS) is 21.4. The largest absolute Gasteiger partial charge is 0.412 e. The van der Waals surface area contributed by atoms with E-state index in [1.807, 2.05) is 0 Å². The molecule has 3 nitrogen and oxygen atoms in total. The molecule has 8 heteroatoms. The van der Waals surface area contributed by atoms with Crippen molar-refractivity contribution < 1.29 is 18.0 Å². The summed E-state index contributed by atoms with van der Waals surface area (Å²) < 4.78 is 38.7. The molecule has 1 unspecified atom stereocenters. The lowest BCUT2D eigenvalue weighted by Crippen LogP contribution is -2.41. The number of thioether (sulfide) groups is 1. The fourth-order valence-electron chi connectivity index (χ4n) is 1.91. The number of alkyl halides is 3. The number of amides is 2. The van der Waals surface area contributed by atoms with Crippen LogP contribution in [0.1, 0.15) is 5.56 Å². The zero-order chi connectivity index (χ0) is 15.7. The van der Waals surface area contributed by atoms with Crippen molar-refractivity contribution in [2.24, 2.45) is 4.99 Å².